The third kappa shape index (κ3) is 3.29. The number of aromatic nitrogens is 2. The molecule has 0 unspecified atom stereocenters. The molecule has 6 nitrogen and oxygen atoms in total. The molecule has 0 saturated carbocycles. The van der Waals surface area contributed by atoms with Crippen molar-refractivity contribution in [3.8, 4) is 0 Å². The normalized spacial score (nSPS) is 11.2. The van der Waals surface area contributed by atoms with E-state index in [1.807, 2.05) is 13.8 Å². The molecule has 18 heavy (non-hydrogen) atoms. The quantitative estimate of drug-likeness (QED) is 0.596. The fraction of sp³-hybridized carbons (Fsp3) is 0.750. The first-order chi connectivity index (χ1) is 8.51. The molecular weight excluding hydrogens is 232 g/mol. The average molecular weight is 254 g/mol. The Morgan fingerprint density at radius 1 is 1.39 bits per heavy atom. The zero-order valence-electron chi connectivity index (χ0n) is 11.6. The number of hydrogen-bond donors (Lipinski definition) is 1. The first kappa shape index (κ1) is 14.6. The van der Waals surface area contributed by atoms with Gasteiger partial charge in [0.25, 0.3) is 0 Å². The fourth-order valence-corrected chi connectivity index (χ4v) is 1.99. The molecule has 0 aliphatic heterocycles. The maximum atomic E-state index is 11.1. The first-order valence-corrected chi connectivity index (χ1v) is 6.47. The van der Waals surface area contributed by atoms with Gasteiger partial charge in [-0.05, 0) is 12.8 Å². The molecule has 0 saturated heterocycles. The molecule has 0 spiro atoms. The molecular formula is C12H22N4O2. The summed E-state index contributed by atoms with van der Waals surface area (Å²) in [6.07, 6.45) is 1.22. The van der Waals surface area contributed by atoms with E-state index in [0.717, 1.165) is 12.2 Å². The van der Waals surface area contributed by atoms with Gasteiger partial charge in [0, 0.05) is 12.6 Å². The van der Waals surface area contributed by atoms with Crippen molar-refractivity contribution in [1.29, 1.82) is 0 Å². The highest BCUT2D eigenvalue weighted by Gasteiger charge is 2.24. The molecule has 1 aromatic rings. The molecule has 0 aliphatic carbocycles. The molecule has 1 aromatic heterocycles. The molecule has 0 amide bonds. The Bertz CT molecular complexity index is 412. The van der Waals surface area contributed by atoms with E-state index in [1.54, 1.807) is 4.68 Å². The second-order valence-electron chi connectivity index (χ2n) is 4.54. The van der Waals surface area contributed by atoms with Crippen LogP contribution in [0.2, 0.25) is 0 Å². The highest BCUT2D eigenvalue weighted by Crippen LogP contribution is 2.24. The number of aryl methyl sites for hydroxylation is 1. The van der Waals surface area contributed by atoms with E-state index in [4.69, 9.17) is 0 Å². The van der Waals surface area contributed by atoms with Gasteiger partial charge in [-0.2, -0.15) is 5.10 Å². The Morgan fingerprint density at radius 2 is 2.06 bits per heavy atom. The van der Waals surface area contributed by atoms with E-state index in [-0.39, 0.29) is 10.6 Å². The second-order valence-corrected chi connectivity index (χ2v) is 4.54. The van der Waals surface area contributed by atoms with E-state index in [2.05, 4.69) is 24.3 Å². The number of nitro groups is 1. The summed E-state index contributed by atoms with van der Waals surface area (Å²) in [6.45, 7) is 9.41. The number of hydrogen-bond acceptors (Lipinski definition) is 4. The molecule has 0 radical (unpaired) electrons. The van der Waals surface area contributed by atoms with Gasteiger partial charge >= 0.3 is 5.69 Å². The molecule has 6 heteroatoms. The van der Waals surface area contributed by atoms with Crippen LogP contribution in [0.4, 0.5) is 5.69 Å². The third-order valence-corrected chi connectivity index (χ3v) is 2.83. The SMILES string of the molecule is CCc1nn(CCNC(C)C)c(CC)c1[N+](=O)[O-]. The highest BCUT2D eigenvalue weighted by molar-refractivity contribution is 5.41. The molecule has 102 valence electrons. The van der Waals surface area contributed by atoms with E-state index >= 15 is 0 Å². The summed E-state index contributed by atoms with van der Waals surface area (Å²) >= 11 is 0. The minimum Gasteiger partial charge on any atom is -0.313 e. The standard InChI is InChI=1S/C12H22N4O2/c1-5-10-12(16(17)18)11(6-2)15(14-10)8-7-13-9(3)4/h9,13H,5-8H2,1-4H3. The van der Waals surface area contributed by atoms with Crippen molar-refractivity contribution in [3.05, 3.63) is 21.5 Å². The van der Waals surface area contributed by atoms with Crippen LogP contribution in [-0.2, 0) is 19.4 Å². The van der Waals surface area contributed by atoms with E-state index in [9.17, 15) is 10.1 Å². The number of rotatable bonds is 7. The van der Waals surface area contributed by atoms with Crippen LogP contribution in [0.1, 0.15) is 39.1 Å². The Kier molecular flexibility index (Phi) is 5.27. The van der Waals surface area contributed by atoms with Gasteiger partial charge in [-0.1, -0.05) is 27.7 Å². The van der Waals surface area contributed by atoms with Gasteiger partial charge in [0.15, 0.2) is 0 Å². The van der Waals surface area contributed by atoms with Crippen molar-refractivity contribution in [2.75, 3.05) is 6.54 Å². The lowest BCUT2D eigenvalue weighted by Gasteiger charge is -2.09. The Balaban J connectivity index is 2.94. The maximum Gasteiger partial charge on any atom is 0.313 e. The molecule has 0 atom stereocenters. The summed E-state index contributed by atoms with van der Waals surface area (Å²) in [6, 6.07) is 0.409. The van der Waals surface area contributed by atoms with Crippen LogP contribution in [0.5, 0.6) is 0 Å². The molecule has 0 bridgehead atoms. The minimum atomic E-state index is -0.308. The van der Waals surface area contributed by atoms with Crippen molar-refractivity contribution in [1.82, 2.24) is 15.1 Å². The van der Waals surface area contributed by atoms with Crippen LogP contribution in [0.3, 0.4) is 0 Å². The second kappa shape index (κ2) is 6.49. The predicted octanol–water partition coefficient (Wildman–Crippen LogP) is 1.91. The Morgan fingerprint density at radius 3 is 2.50 bits per heavy atom. The molecule has 0 aliphatic rings. The lowest BCUT2D eigenvalue weighted by atomic mass is 10.2. The zero-order chi connectivity index (χ0) is 13.7. The Hall–Kier alpha value is -1.43. The Labute approximate surface area is 108 Å². The maximum absolute atomic E-state index is 11.1. The third-order valence-electron chi connectivity index (χ3n) is 2.83. The van der Waals surface area contributed by atoms with Crippen LogP contribution in [0.25, 0.3) is 0 Å². The first-order valence-electron chi connectivity index (χ1n) is 6.47. The highest BCUT2D eigenvalue weighted by atomic mass is 16.6. The lowest BCUT2D eigenvalue weighted by molar-refractivity contribution is -0.386. The van der Waals surface area contributed by atoms with Gasteiger partial charge in [0.2, 0.25) is 0 Å². The van der Waals surface area contributed by atoms with Gasteiger partial charge in [-0.3, -0.25) is 14.8 Å². The monoisotopic (exact) mass is 254 g/mol. The number of nitrogens with zero attached hydrogens (tertiary/aromatic N) is 3. The van der Waals surface area contributed by atoms with Gasteiger partial charge < -0.3 is 5.32 Å². The molecule has 1 N–H and O–H groups in total. The van der Waals surface area contributed by atoms with Gasteiger partial charge in [-0.25, -0.2) is 0 Å². The molecule has 1 rings (SSSR count). The van der Waals surface area contributed by atoms with Crippen molar-refractivity contribution in [2.24, 2.45) is 0 Å². The van der Waals surface area contributed by atoms with Crippen LogP contribution < -0.4 is 5.32 Å². The van der Waals surface area contributed by atoms with E-state index in [1.165, 1.54) is 0 Å². The van der Waals surface area contributed by atoms with Gasteiger partial charge in [-0.15, -0.1) is 0 Å². The van der Waals surface area contributed by atoms with Crippen molar-refractivity contribution >= 4 is 5.69 Å². The largest absolute Gasteiger partial charge is 0.313 e. The summed E-state index contributed by atoms with van der Waals surface area (Å²) in [7, 11) is 0. The average Bonchev–Trinajstić information content (AvgIpc) is 2.66. The summed E-state index contributed by atoms with van der Waals surface area (Å²) < 4.78 is 1.77. The van der Waals surface area contributed by atoms with Crippen molar-refractivity contribution in [3.63, 3.8) is 0 Å². The predicted molar refractivity (Wildman–Crippen MR) is 70.8 cm³/mol. The van der Waals surface area contributed by atoms with E-state index < -0.39 is 0 Å². The van der Waals surface area contributed by atoms with Crippen LogP contribution in [0.15, 0.2) is 0 Å². The molecule has 0 aromatic carbocycles. The lowest BCUT2D eigenvalue weighted by Crippen LogP contribution is -2.27. The topological polar surface area (TPSA) is 73.0 Å². The van der Waals surface area contributed by atoms with E-state index in [0.29, 0.717) is 31.1 Å². The zero-order valence-corrected chi connectivity index (χ0v) is 11.6. The van der Waals surface area contributed by atoms with Crippen molar-refractivity contribution < 1.29 is 4.92 Å². The van der Waals surface area contributed by atoms with Crippen LogP contribution in [0, 0.1) is 10.1 Å². The summed E-state index contributed by atoms with van der Waals surface area (Å²) in [5.41, 5.74) is 1.51. The summed E-state index contributed by atoms with van der Waals surface area (Å²) in [5, 5.41) is 18.7. The summed E-state index contributed by atoms with van der Waals surface area (Å²) in [5.74, 6) is 0. The van der Waals surface area contributed by atoms with Gasteiger partial charge in [0.1, 0.15) is 11.4 Å². The minimum absolute atomic E-state index is 0.199. The van der Waals surface area contributed by atoms with Crippen LogP contribution >= 0.6 is 0 Å². The molecule has 1 heterocycles. The fourth-order valence-electron chi connectivity index (χ4n) is 1.99. The molecule has 0 fully saturated rings. The number of nitrogens with one attached hydrogen (secondary N) is 1. The van der Waals surface area contributed by atoms with Gasteiger partial charge in [0.05, 0.1) is 11.5 Å². The van der Waals surface area contributed by atoms with Crippen LogP contribution in [-0.4, -0.2) is 27.3 Å². The van der Waals surface area contributed by atoms with Crippen molar-refractivity contribution in [2.45, 2.75) is 53.1 Å². The summed E-state index contributed by atoms with van der Waals surface area (Å²) in [4.78, 5) is 10.8. The smallest absolute Gasteiger partial charge is 0.313 e.